The van der Waals surface area contributed by atoms with Gasteiger partial charge in [0, 0.05) is 22.6 Å². The highest BCUT2D eigenvalue weighted by Gasteiger charge is 2.22. The van der Waals surface area contributed by atoms with Crippen molar-refractivity contribution in [3.8, 4) is 0 Å². The number of carbonyl (C=O) groups excluding carboxylic acids is 1. The highest BCUT2D eigenvalue weighted by molar-refractivity contribution is 9.10. The van der Waals surface area contributed by atoms with Gasteiger partial charge < -0.3 is 10.0 Å². The Bertz CT molecular complexity index is 493. The summed E-state index contributed by atoms with van der Waals surface area (Å²) in [6.45, 7) is 3.98. The van der Waals surface area contributed by atoms with E-state index in [4.69, 9.17) is 16.7 Å². The molecule has 0 saturated heterocycles. The van der Waals surface area contributed by atoms with E-state index >= 15 is 0 Å². The molecule has 0 radical (unpaired) electrons. The van der Waals surface area contributed by atoms with Gasteiger partial charge in [0.2, 0.25) is 0 Å². The topological polar surface area (TPSA) is 57.6 Å². The number of carboxylic acids is 1. The van der Waals surface area contributed by atoms with Crippen molar-refractivity contribution in [3.05, 3.63) is 33.3 Å². The summed E-state index contributed by atoms with van der Waals surface area (Å²) in [5.74, 6) is -1.14. The van der Waals surface area contributed by atoms with E-state index in [1.807, 2.05) is 6.92 Å². The maximum Gasteiger partial charge on any atom is 0.305 e. The SMILES string of the molecule is CCN(C(=O)c1ccc(Br)c(Cl)c1)C(C)CC(=O)O. The van der Waals surface area contributed by atoms with Gasteiger partial charge in [-0.2, -0.15) is 0 Å². The number of aliphatic carboxylic acids is 1. The molecule has 0 fully saturated rings. The van der Waals surface area contributed by atoms with Gasteiger partial charge in [0.1, 0.15) is 0 Å². The zero-order valence-corrected chi connectivity index (χ0v) is 13.0. The number of benzene rings is 1. The predicted molar refractivity (Wildman–Crippen MR) is 77.6 cm³/mol. The van der Waals surface area contributed by atoms with Gasteiger partial charge in [0.25, 0.3) is 5.91 Å². The molecule has 0 aliphatic heterocycles. The smallest absolute Gasteiger partial charge is 0.305 e. The molecule has 19 heavy (non-hydrogen) atoms. The van der Waals surface area contributed by atoms with Gasteiger partial charge in [0.05, 0.1) is 11.4 Å². The van der Waals surface area contributed by atoms with E-state index in [0.717, 1.165) is 0 Å². The minimum absolute atomic E-state index is 0.0795. The van der Waals surface area contributed by atoms with Crippen LogP contribution in [0.5, 0.6) is 0 Å². The lowest BCUT2D eigenvalue weighted by Crippen LogP contribution is -2.39. The minimum Gasteiger partial charge on any atom is -0.481 e. The molecule has 0 aromatic heterocycles. The van der Waals surface area contributed by atoms with Crippen molar-refractivity contribution in [1.29, 1.82) is 0 Å². The first-order valence-electron chi connectivity index (χ1n) is 5.84. The molecule has 0 aliphatic carbocycles. The van der Waals surface area contributed by atoms with E-state index in [9.17, 15) is 9.59 Å². The number of carboxylic acid groups (broad SMARTS) is 1. The monoisotopic (exact) mass is 347 g/mol. The summed E-state index contributed by atoms with van der Waals surface area (Å²) in [7, 11) is 0. The molecule has 1 amide bonds. The van der Waals surface area contributed by atoms with E-state index in [1.54, 1.807) is 25.1 Å². The second-order valence-corrected chi connectivity index (χ2v) is 5.43. The molecule has 1 atom stereocenters. The summed E-state index contributed by atoms with van der Waals surface area (Å²) in [6.07, 6.45) is -0.0795. The first kappa shape index (κ1) is 16.0. The first-order valence-corrected chi connectivity index (χ1v) is 7.01. The van der Waals surface area contributed by atoms with Crippen molar-refractivity contribution in [1.82, 2.24) is 4.90 Å². The number of halogens is 2. The fraction of sp³-hybridized carbons (Fsp3) is 0.385. The molecule has 104 valence electrons. The van der Waals surface area contributed by atoms with Crippen LogP contribution in [0.3, 0.4) is 0 Å². The molecule has 0 aliphatic rings. The summed E-state index contributed by atoms with van der Waals surface area (Å²) in [5.41, 5.74) is 0.451. The van der Waals surface area contributed by atoms with Crippen molar-refractivity contribution in [3.63, 3.8) is 0 Å². The molecule has 1 rings (SSSR count). The molecular weight excluding hydrogens is 334 g/mol. The Balaban J connectivity index is 2.94. The minimum atomic E-state index is -0.924. The molecule has 6 heteroatoms. The fourth-order valence-electron chi connectivity index (χ4n) is 1.81. The average molecular weight is 349 g/mol. The van der Waals surface area contributed by atoms with E-state index in [0.29, 0.717) is 21.6 Å². The van der Waals surface area contributed by atoms with Crippen LogP contribution in [-0.4, -0.2) is 34.5 Å². The van der Waals surface area contributed by atoms with E-state index in [1.165, 1.54) is 4.90 Å². The van der Waals surface area contributed by atoms with Gasteiger partial charge in [-0.25, -0.2) is 0 Å². The third-order valence-electron chi connectivity index (χ3n) is 2.77. The third-order valence-corrected chi connectivity index (χ3v) is 4.00. The standard InChI is InChI=1S/C13H15BrClNO3/c1-3-16(8(2)6-12(17)18)13(19)9-4-5-10(14)11(15)7-9/h4-5,7-8H,3,6H2,1-2H3,(H,17,18). The summed E-state index contributed by atoms with van der Waals surface area (Å²) in [4.78, 5) is 24.6. The molecule has 0 saturated carbocycles. The molecule has 4 nitrogen and oxygen atoms in total. The van der Waals surface area contributed by atoms with Crippen molar-refractivity contribution >= 4 is 39.4 Å². The van der Waals surface area contributed by atoms with Crippen molar-refractivity contribution < 1.29 is 14.7 Å². The van der Waals surface area contributed by atoms with Crippen LogP contribution in [0.25, 0.3) is 0 Å². The molecule has 1 aromatic rings. The Morgan fingerprint density at radius 2 is 2.11 bits per heavy atom. The Morgan fingerprint density at radius 1 is 1.47 bits per heavy atom. The third kappa shape index (κ3) is 4.21. The summed E-state index contributed by atoms with van der Waals surface area (Å²) < 4.78 is 0.715. The van der Waals surface area contributed by atoms with Crippen molar-refractivity contribution in [2.75, 3.05) is 6.54 Å². The lowest BCUT2D eigenvalue weighted by molar-refractivity contribution is -0.138. The predicted octanol–water partition coefficient (Wildman–Crippen LogP) is 3.43. The lowest BCUT2D eigenvalue weighted by atomic mass is 10.1. The van der Waals surface area contributed by atoms with Crippen LogP contribution in [0.1, 0.15) is 30.6 Å². The van der Waals surface area contributed by atoms with Gasteiger partial charge >= 0.3 is 5.97 Å². The number of carbonyl (C=O) groups is 2. The van der Waals surface area contributed by atoms with Crippen LogP contribution in [0.2, 0.25) is 5.02 Å². The highest BCUT2D eigenvalue weighted by atomic mass is 79.9. The fourth-order valence-corrected chi connectivity index (χ4v) is 2.24. The Morgan fingerprint density at radius 3 is 2.58 bits per heavy atom. The van der Waals surface area contributed by atoms with E-state index in [-0.39, 0.29) is 18.4 Å². The zero-order valence-electron chi connectivity index (χ0n) is 10.7. The second kappa shape index (κ2) is 6.91. The Kier molecular flexibility index (Phi) is 5.82. The van der Waals surface area contributed by atoms with Gasteiger partial charge in [-0.05, 0) is 48.0 Å². The van der Waals surface area contributed by atoms with Crippen LogP contribution < -0.4 is 0 Å². The van der Waals surface area contributed by atoms with Gasteiger partial charge in [0.15, 0.2) is 0 Å². The van der Waals surface area contributed by atoms with Crippen molar-refractivity contribution in [2.24, 2.45) is 0 Å². The quantitative estimate of drug-likeness (QED) is 0.887. The van der Waals surface area contributed by atoms with E-state index in [2.05, 4.69) is 15.9 Å². The van der Waals surface area contributed by atoms with Gasteiger partial charge in [-0.3, -0.25) is 9.59 Å². The van der Waals surface area contributed by atoms with Gasteiger partial charge in [-0.15, -0.1) is 0 Å². The van der Waals surface area contributed by atoms with Crippen LogP contribution in [-0.2, 0) is 4.79 Å². The number of nitrogens with zero attached hydrogens (tertiary/aromatic N) is 1. The number of rotatable bonds is 5. The maximum absolute atomic E-state index is 12.3. The Hall–Kier alpha value is -1.07. The van der Waals surface area contributed by atoms with Crippen LogP contribution in [0.4, 0.5) is 0 Å². The van der Waals surface area contributed by atoms with Crippen LogP contribution in [0, 0.1) is 0 Å². The normalized spacial score (nSPS) is 12.0. The molecule has 1 unspecified atom stereocenters. The highest BCUT2D eigenvalue weighted by Crippen LogP contribution is 2.24. The molecule has 0 bridgehead atoms. The first-order chi connectivity index (χ1) is 8.86. The van der Waals surface area contributed by atoms with Gasteiger partial charge in [-0.1, -0.05) is 11.6 Å². The van der Waals surface area contributed by atoms with Crippen LogP contribution in [0.15, 0.2) is 22.7 Å². The van der Waals surface area contributed by atoms with Crippen LogP contribution >= 0.6 is 27.5 Å². The molecule has 0 heterocycles. The number of hydrogen-bond donors (Lipinski definition) is 1. The largest absolute Gasteiger partial charge is 0.481 e. The lowest BCUT2D eigenvalue weighted by Gasteiger charge is -2.27. The Labute approximate surface area is 125 Å². The molecule has 1 N–H and O–H groups in total. The average Bonchev–Trinajstić information content (AvgIpc) is 2.32. The second-order valence-electron chi connectivity index (χ2n) is 4.17. The number of hydrogen-bond acceptors (Lipinski definition) is 2. The van der Waals surface area contributed by atoms with E-state index < -0.39 is 5.97 Å². The van der Waals surface area contributed by atoms with Crippen molar-refractivity contribution in [2.45, 2.75) is 26.3 Å². The number of amides is 1. The molecular formula is C13H15BrClNO3. The summed E-state index contributed by atoms with van der Waals surface area (Å²) in [6, 6.07) is 4.57. The molecule has 0 spiro atoms. The summed E-state index contributed by atoms with van der Waals surface area (Å²) >= 11 is 9.22. The molecule has 1 aromatic carbocycles. The zero-order chi connectivity index (χ0) is 14.6. The maximum atomic E-state index is 12.3. The summed E-state index contributed by atoms with van der Waals surface area (Å²) in [5, 5.41) is 9.25.